The van der Waals surface area contributed by atoms with Crippen LogP contribution in [-0.2, 0) is 11.2 Å². The molecule has 0 aromatic carbocycles. The highest BCUT2D eigenvalue weighted by Gasteiger charge is 2.07. The maximum Gasteiger partial charge on any atom is 0.225 e. The van der Waals surface area contributed by atoms with Gasteiger partial charge in [-0.05, 0) is 30.2 Å². The van der Waals surface area contributed by atoms with Crippen molar-refractivity contribution >= 4 is 17.5 Å². The minimum atomic E-state index is -0.110. The third-order valence-electron chi connectivity index (χ3n) is 3.01. The smallest absolute Gasteiger partial charge is 0.225 e. The molecule has 2 rings (SSSR count). The van der Waals surface area contributed by atoms with E-state index in [0.717, 1.165) is 5.56 Å². The lowest BCUT2D eigenvalue weighted by molar-refractivity contribution is -0.116. The predicted octanol–water partition coefficient (Wildman–Crippen LogP) is 2.64. The molecule has 108 valence electrons. The molecule has 0 aliphatic carbocycles. The van der Waals surface area contributed by atoms with Crippen molar-refractivity contribution in [3.8, 4) is 0 Å². The summed E-state index contributed by atoms with van der Waals surface area (Å²) in [6.45, 7) is 1.81. The number of Topliss-reactive ketones (excluding diaryl/α,β-unsaturated/α-hetero) is 1. The molecule has 0 atom stereocenters. The molecule has 2 heterocycles. The number of rotatable bonds is 6. The first-order valence-electron chi connectivity index (χ1n) is 6.87. The molecule has 5 heteroatoms. The van der Waals surface area contributed by atoms with Crippen LogP contribution >= 0.6 is 0 Å². The Morgan fingerprint density at radius 1 is 1.24 bits per heavy atom. The number of pyridine rings is 2. The van der Waals surface area contributed by atoms with E-state index in [9.17, 15) is 9.59 Å². The third-order valence-corrected chi connectivity index (χ3v) is 3.01. The first-order chi connectivity index (χ1) is 10.2. The maximum atomic E-state index is 11.8. The van der Waals surface area contributed by atoms with E-state index in [-0.39, 0.29) is 11.7 Å². The molecule has 2 aromatic heterocycles. The van der Waals surface area contributed by atoms with Crippen molar-refractivity contribution in [3.05, 3.63) is 54.0 Å². The zero-order valence-electron chi connectivity index (χ0n) is 11.9. The second kappa shape index (κ2) is 7.28. The van der Waals surface area contributed by atoms with Gasteiger partial charge in [-0.3, -0.25) is 14.6 Å². The minimum absolute atomic E-state index is 0.0577. The summed E-state index contributed by atoms with van der Waals surface area (Å²) in [6.07, 6.45) is 6.17. The van der Waals surface area contributed by atoms with Crippen LogP contribution in [0.2, 0.25) is 0 Å². The van der Waals surface area contributed by atoms with Crippen LogP contribution in [0, 0.1) is 0 Å². The van der Waals surface area contributed by atoms with Gasteiger partial charge in [0.2, 0.25) is 5.91 Å². The Hall–Kier alpha value is -2.56. The van der Waals surface area contributed by atoms with E-state index in [1.165, 1.54) is 0 Å². The summed E-state index contributed by atoms with van der Waals surface area (Å²) in [5.41, 5.74) is 1.48. The van der Waals surface area contributed by atoms with Crippen LogP contribution in [0.4, 0.5) is 5.82 Å². The van der Waals surface area contributed by atoms with Gasteiger partial charge in [-0.2, -0.15) is 0 Å². The molecule has 0 unspecified atom stereocenters. The number of ketones is 1. The summed E-state index contributed by atoms with van der Waals surface area (Å²) < 4.78 is 0. The van der Waals surface area contributed by atoms with E-state index >= 15 is 0 Å². The van der Waals surface area contributed by atoms with E-state index in [0.29, 0.717) is 30.6 Å². The van der Waals surface area contributed by atoms with Gasteiger partial charge in [0, 0.05) is 37.0 Å². The Labute approximate surface area is 123 Å². The molecule has 21 heavy (non-hydrogen) atoms. The summed E-state index contributed by atoms with van der Waals surface area (Å²) in [6, 6.07) is 7.14. The Morgan fingerprint density at radius 2 is 2.10 bits per heavy atom. The maximum absolute atomic E-state index is 11.8. The fourth-order valence-corrected chi connectivity index (χ4v) is 1.88. The molecule has 0 bridgehead atoms. The van der Waals surface area contributed by atoms with E-state index in [1.54, 1.807) is 36.8 Å². The van der Waals surface area contributed by atoms with Crippen LogP contribution in [-0.4, -0.2) is 21.7 Å². The molecule has 1 N–H and O–H groups in total. The quantitative estimate of drug-likeness (QED) is 0.827. The largest absolute Gasteiger partial charge is 0.311 e. The molecule has 0 saturated heterocycles. The van der Waals surface area contributed by atoms with Gasteiger partial charge in [-0.1, -0.05) is 13.0 Å². The molecule has 0 spiro atoms. The summed E-state index contributed by atoms with van der Waals surface area (Å²) in [5, 5.41) is 2.72. The standard InChI is InChI=1S/C16H17N3O2/c1-2-14(20)13-9-12(10-17-11-13)6-7-16(21)19-15-5-3-4-8-18-15/h3-5,8-11H,2,6-7H2,1H3,(H,18,19,21). The Bertz CT molecular complexity index is 626. The third kappa shape index (κ3) is 4.49. The molecule has 0 saturated carbocycles. The second-order valence-corrected chi connectivity index (χ2v) is 4.62. The second-order valence-electron chi connectivity index (χ2n) is 4.62. The van der Waals surface area contributed by atoms with Gasteiger partial charge >= 0.3 is 0 Å². The van der Waals surface area contributed by atoms with Crippen molar-refractivity contribution in [2.45, 2.75) is 26.2 Å². The van der Waals surface area contributed by atoms with Crippen molar-refractivity contribution in [1.82, 2.24) is 9.97 Å². The lowest BCUT2D eigenvalue weighted by Gasteiger charge is -2.05. The van der Waals surface area contributed by atoms with Crippen LogP contribution in [0.25, 0.3) is 0 Å². The van der Waals surface area contributed by atoms with Crippen molar-refractivity contribution in [2.75, 3.05) is 5.32 Å². The van der Waals surface area contributed by atoms with E-state index in [4.69, 9.17) is 0 Å². The zero-order valence-corrected chi connectivity index (χ0v) is 11.9. The highest BCUT2D eigenvalue weighted by atomic mass is 16.1. The Balaban J connectivity index is 1.91. The van der Waals surface area contributed by atoms with Gasteiger partial charge in [0.1, 0.15) is 5.82 Å². The predicted molar refractivity (Wildman–Crippen MR) is 80.0 cm³/mol. The number of aryl methyl sites for hydroxylation is 1. The van der Waals surface area contributed by atoms with E-state index in [2.05, 4.69) is 15.3 Å². The van der Waals surface area contributed by atoms with Crippen LogP contribution in [0.1, 0.15) is 35.7 Å². The van der Waals surface area contributed by atoms with Gasteiger partial charge in [0.25, 0.3) is 0 Å². The number of amides is 1. The highest BCUT2D eigenvalue weighted by molar-refractivity contribution is 5.95. The Kier molecular flexibility index (Phi) is 5.15. The van der Waals surface area contributed by atoms with E-state index < -0.39 is 0 Å². The van der Waals surface area contributed by atoms with Crippen molar-refractivity contribution in [2.24, 2.45) is 0 Å². The average molecular weight is 283 g/mol. The number of nitrogens with one attached hydrogen (secondary N) is 1. The zero-order chi connectivity index (χ0) is 15.1. The molecule has 5 nitrogen and oxygen atoms in total. The lowest BCUT2D eigenvalue weighted by Crippen LogP contribution is -2.13. The minimum Gasteiger partial charge on any atom is -0.311 e. The lowest BCUT2D eigenvalue weighted by atomic mass is 10.1. The molecule has 0 aliphatic rings. The van der Waals surface area contributed by atoms with Gasteiger partial charge in [-0.25, -0.2) is 4.98 Å². The van der Waals surface area contributed by atoms with Gasteiger partial charge in [-0.15, -0.1) is 0 Å². The summed E-state index contributed by atoms with van der Waals surface area (Å²) in [7, 11) is 0. The molecule has 0 radical (unpaired) electrons. The number of hydrogen-bond donors (Lipinski definition) is 1. The van der Waals surface area contributed by atoms with Crippen LogP contribution < -0.4 is 5.32 Å². The van der Waals surface area contributed by atoms with Crippen molar-refractivity contribution < 1.29 is 9.59 Å². The molecular weight excluding hydrogens is 266 g/mol. The van der Waals surface area contributed by atoms with Gasteiger partial charge in [0.05, 0.1) is 0 Å². The summed E-state index contributed by atoms with van der Waals surface area (Å²) in [5.74, 6) is 0.485. The molecular formula is C16H17N3O2. The van der Waals surface area contributed by atoms with Crippen LogP contribution in [0.3, 0.4) is 0 Å². The van der Waals surface area contributed by atoms with Crippen molar-refractivity contribution in [1.29, 1.82) is 0 Å². The fraction of sp³-hybridized carbons (Fsp3) is 0.250. The highest BCUT2D eigenvalue weighted by Crippen LogP contribution is 2.09. The van der Waals surface area contributed by atoms with Crippen LogP contribution in [0.15, 0.2) is 42.9 Å². The number of hydrogen-bond acceptors (Lipinski definition) is 4. The normalized spacial score (nSPS) is 10.1. The number of carbonyl (C=O) groups excluding carboxylic acids is 2. The number of carbonyl (C=O) groups is 2. The van der Waals surface area contributed by atoms with Crippen molar-refractivity contribution in [3.63, 3.8) is 0 Å². The average Bonchev–Trinajstić information content (AvgIpc) is 2.53. The fourth-order valence-electron chi connectivity index (χ4n) is 1.88. The van der Waals surface area contributed by atoms with Gasteiger partial charge < -0.3 is 5.32 Å². The molecule has 2 aromatic rings. The molecule has 0 fully saturated rings. The van der Waals surface area contributed by atoms with Gasteiger partial charge in [0.15, 0.2) is 5.78 Å². The SMILES string of the molecule is CCC(=O)c1cncc(CCC(=O)Nc2ccccn2)c1. The summed E-state index contributed by atoms with van der Waals surface area (Å²) in [4.78, 5) is 31.5. The number of aromatic nitrogens is 2. The molecule has 1 amide bonds. The van der Waals surface area contributed by atoms with E-state index in [1.807, 2.05) is 13.0 Å². The summed E-state index contributed by atoms with van der Waals surface area (Å²) >= 11 is 0. The Morgan fingerprint density at radius 3 is 2.81 bits per heavy atom. The molecule has 0 aliphatic heterocycles. The first kappa shape index (κ1) is 14.8. The monoisotopic (exact) mass is 283 g/mol. The van der Waals surface area contributed by atoms with Crippen LogP contribution in [0.5, 0.6) is 0 Å². The first-order valence-corrected chi connectivity index (χ1v) is 6.87. The topological polar surface area (TPSA) is 72.0 Å². The number of anilines is 1. The number of nitrogens with zero attached hydrogens (tertiary/aromatic N) is 2.